The van der Waals surface area contributed by atoms with Gasteiger partial charge in [-0.25, -0.2) is 13.1 Å². The van der Waals surface area contributed by atoms with Crippen molar-refractivity contribution < 1.29 is 17.9 Å². The summed E-state index contributed by atoms with van der Waals surface area (Å²) in [4.78, 5) is 1.07. The second-order valence-electron chi connectivity index (χ2n) is 3.62. The lowest BCUT2D eigenvalue weighted by atomic mass is 10.4. The SMILES string of the molecule is COCC(CNS(=O)(=O)c1csc(CN)c1)OC. The molecular formula is C10H18N2O4S2. The van der Waals surface area contributed by atoms with Crippen LogP contribution in [0.5, 0.6) is 0 Å². The average molecular weight is 294 g/mol. The minimum atomic E-state index is -3.50. The summed E-state index contributed by atoms with van der Waals surface area (Å²) >= 11 is 1.33. The summed E-state index contributed by atoms with van der Waals surface area (Å²) in [5.41, 5.74) is 5.45. The zero-order chi connectivity index (χ0) is 13.6. The third-order valence-electron chi connectivity index (χ3n) is 2.33. The minimum Gasteiger partial charge on any atom is -0.382 e. The highest BCUT2D eigenvalue weighted by molar-refractivity contribution is 7.89. The maximum atomic E-state index is 11.9. The largest absolute Gasteiger partial charge is 0.382 e. The molecule has 104 valence electrons. The summed E-state index contributed by atoms with van der Waals surface area (Å²) in [6.45, 7) is 0.835. The van der Waals surface area contributed by atoms with E-state index >= 15 is 0 Å². The zero-order valence-corrected chi connectivity index (χ0v) is 12.0. The number of thiophene rings is 1. The van der Waals surface area contributed by atoms with Crippen LogP contribution in [0.2, 0.25) is 0 Å². The van der Waals surface area contributed by atoms with Gasteiger partial charge in [0.05, 0.1) is 17.6 Å². The molecule has 0 fully saturated rings. The number of nitrogens with two attached hydrogens (primary N) is 1. The van der Waals surface area contributed by atoms with Crippen molar-refractivity contribution in [1.29, 1.82) is 0 Å². The number of sulfonamides is 1. The number of hydrogen-bond acceptors (Lipinski definition) is 6. The van der Waals surface area contributed by atoms with Crippen molar-refractivity contribution in [3.63, 3.8) is 0 Å². The number of nitrogens with one attached hydrogen (secondary N) is 1. The van der Waals surface area contributed by atoms with Gasteiger partial charge >= 0.3 is 0 Å². The summed E-state index contributed by atoms with van der Waals surface area (Å²) in [6, 6.07) is 1.57. The first-order valence-corrected chi connectivity index (χ1v) is 7.68. The molecular weight excluding hydrogens is 276 g/mol. The van der Waals surface area contributed by atoms with Crippen molar-refractivity contribution in [2.45, 2.75) is 17.5 Å². The Balaban J connectivity index is 2.64. The van der Waals surface area contributed by atoms with Crippen molar-refractivity contribution in [3.8, 4) is 0 Å². The molecule has 0 bridgehead atoms. The van der Waals surface area contributed by atoms with E-state index in [1.807, 2.05) is 0 Å². The fourth-order valence-corrected chi connectivity index (χ4v) is 3.51. The van der Waals surface area contributed by atoms with Gasteiger partial charge < -0.3 is 15.2 Å². The Labute approximate surface area is 111 Å². The fourth-order valence-electron chi connectivity index (χ4n) is 1.29. The van der Waals surface area contributed by atoms with E-state index in [0.717, 1.165) is 4.88 Å². The summed E-state index contributed by atoms with van der Waals surface area (Å²) < 4.78 is 36.4. The molecule has 0 aliphatic carbocycles. The van der Waals surface area contributed by atoms with E-state index in [1.54, 1.807) is 11.4 Å². The van der Waals surface area contributed by atoms with Gasteiger partial charge in [0.25, 0.3) is 0 Å². The van der Waals surface area contributed by atoms with Gasteiger partial charge in [-0.15, -0.1) is 11.3 Å². The third-order valence-corrected chi connectivity index (χ3v) is 4.84. The quantitative estimate of drug-likeness (QED) is 0.712. The second-order valence-corrected chi connectivity index (χ2v) is 6.38. The number of methoxy groups -OCH3 is 2. The molecule has 18 heavy (non-hydrogen) atoms. The molecule has 0 amide bonds. The van der Waals surface area contributed by atoms with Crippen LogP contribution in [0, 0.1) is 0 Å². The minimum absolute atomic E-state index is 0.167. The lowest BCUT2D eigenvalue weighted by Crippen LogP contribution is -2.35. The summed E-state index contributed by atoms with van der Waals surface area (Å²) in [6.07, 6.45) is -0.308. The molecule has 0 aromatic carbocycles. The Morgan fingerprint density at radius 3 is 2.72 bits per heavy atom. The number of rotatable bonds is 8. The summed E-state index contributed by atoms with van der Waals surface area (Å²) in [7, 11) is -0.460. The van der Waals surface area contributed by atoms with Crippen molar-refractivity contribution in [2.24, 2.45) is 5.73 Å². The molecule has 3 N–H and O–H groups in total. The Morgan fingerprint density at radius 2 is 2.22 bits per heavy atom. The Hall–Kier alpha value is -0.510. The van der Waals surface area contributed by atoms with E-state index in [9.17, 15) is 8.42 Å². The topological polar surface area (TPSA) is 90.7 Å². The lowest BCUT2D eigenvalue weighted by molar-refractivity contribution is 0.0320. The van der Waals surface area contributed by atoms with Crippen molar-refractivity contribution in [3.05, 3.63) is 16.3 Å². The van der Waals surface area contributed by atoms with Crippen molar-refractivity contribution >= 4 is 21.4 Å². The van der Waals surface area contributed by atoms with Gasteiger partial charge in [0.2, 0.25) is 10.0 Å². The van der Waals surface area contributed by atoms with E-state index in [-0.39, 0.29) is 17.5 Å². The van der Waals surface area contributed by atoms with Crippen LogP contribution in [0.25, 0.3) is 0 Å². The highest BCUT2D eigenvalue weighted by Gasteiger charge is 2.18. The van der Waals surface area contributed by atoms with E-state index in [0.29, 0.717) is 13.2 Å². The first kappa shape index (κ1) is 15.5. The van der Waals surface area contributed by atoms with Crippen LogP contribution < -0.4 is 10.5 Å². The van der Waals surface area contributed by atoms with Gasteiger partial charge in [-0.3, -0.25) is 0 Å². The van der Waals surface area contributed by atoms with Gasteiger partial charge in [-0.2, -0.15) is 0 Å². The van der Waals surface area contributed by atoms with Crippen LogP contribution >= 0.6 is 11.3 Å². The number of hydrogen-bond donors (Lipinski definition) is 2. The van der Waals surface area contributed by atoms with Gasteiger partial charge in [0.1, 0.15) is 0 Å². The molecule has 6 nitrogen and oxygen atoms in total. The first-order chi connectivity index (χ1) is 8.53. The molecule has 0 radical (unpaired) electrons. The second kappa shape index (κ2) is 7.17. The molecule has 1 unspecified atom stereocenters. The van der Waals surface area contributed by atoms with Gasteiger partial charge in [0.15, 0.2) is 0 Å². The van der Waals surface area contributed by atoms with Crippen LogP contribution in [0.3, 0.4) is 0 Å². The van der Waals surface area contributed by atoms with Crippen LogP contribution in [-0.2, 0) is 26.0 Å². The van der Waals surface area contributed by atoms with Gasteiger partial charge in [0, 0.05) is 37.6 Å². The first-order valence-electron chi connectivity index (χ1n) is 5.32. The van der Waals surface area contributed by atoms with E-state index in [4.69, 9.17) is 15.2 Å². The molecule has 0 spiro atoms. The van der Waals surface area contributed by atoms with Gasteiger partial charge in [-0.05, 0) is 6.07 Å². The Kier molecular flexibility index (Phi) is 6.19. The average Bonchev–Trinajstić information content (AvgIpc) is 2.84. The van der Waals surface area contributed by atoms with E-state index < -0.39 is 10.0 Å². The third kappa shape index (κ3) is 4.30. The number of ether oxygens (including phenoxy) is 2. The predicted molar refractivity (Wildman–Crippen MR) is 70.1 cm³/mol. The van der Waals surface area contributed by atoms with Gasteiger partial charge in [-0.1, -0.05) is 0 Å². The predicted octanol–water partition coefficient (Wildman–Crippen LogP) is 0.147. The molecule has 0 aliphatic heterocycles. The van der Waals surface area contributed by atoms with Crippen molar-refractivity contribution in [1.82, 2.24) is 4.72 Å². The normalized spacial score (nSPS) is 13.7. The van der Waals surface area contributed by atoms with Crippen LogP contribution in [0.1, 0.15) is 4.88 Å². The van der Waals surface area contributed by atoms with E-state index in [1.165, 1.54) is 25.6 Å². The molecule has 8 heteroatoms. The lowest BCUT2D eigenvalue weighted by Gasteiger charge is -2.14. The standard InChI is InChI=1S/C10H18N2O4S2/c1-15-6-8(16-2)5-12-18(13,14)10-3-9(4-11)17-7-10/h3,7-8,12H,4-6,11H2,1-2H3. The highest BCUT2D eigenvalue weighted by Crippen LogP contribution is 2.18. The summed E-state index contributed by atoms with van der Waals surface area (Å²) in [5, 5.41) is 1.57. The van der Waals surface area contributed by atoms with Crippen LogP contribution in [-0.4, -0.2) is 41.9 Å². The summed E-state index contributed by atoms with van der Waals surface area (Å²) in [5.74, 6) is 0. The molecule has 1 atom stereocenters. The molecule has 1 aromatic rings. The maximum absolute atomic E-state index is 11.9. The van der Waals surface area contributed by atoms with Crippen LogP contribution in [0.4, 0.5) is 0 Å². The molecule has 1 rings (SSSR count). The van der Waals surface area contributed by atoms with Crippen LogP contribution in [0.15, 0.2) is 16.3 Å². The van der Waals surface area contributed by atoms with Crippen molar-refractivity contribution in [2.75, 3.05) is 27.4 Å². The van der Waals surface area contributed by atoms with E-state index in [2.05, 4.69) is 4.72 Å². The molecule has 0 saturated heterocycles. The molecule has 1 heterocycles. The Bertz CT molecular complexity index is 458. The maximum Gasteiger partial charge on any atom is 0.241 e. The zero-order valence-electron chi connectivity index (χ0n) is 10.4. The molecule has 1 aromatic heterocycles. The fraction of sp³-hybridized carbons (Fsp3) is 0.600. The monoisotopic (exact) mass is 294 g/mol. The molecule has 0 aliphatic rings. The molecule has 0 saturated carbocycles. The highest BCUT2D eigenvalue weighted by atomic mass is 32.2. The smallest absolute Gasteiger partial charge is 0.241 e. The Morgan fingerprint density at radius 1 is 1.50 bits per heavy atom.